The highest BCUT2D eigenvalue weighted by atomic mass is 32.2. The monoisotopic (exact) mass is 143 g/mol. The number of nitrogens with zero attached hydrogens (tertiary/aromatic N) is 1. The summed E-state index contributed by atoms with van der Waals surface area (Å²) in [5, 5.41) is 0. The normalized spacial score (nSPS) is 43.7. The highest BCUT2D eigenvalue weighted by molar-refractivity contribution is 7.99. The number of rotatable bonds is 0. The van der Waals surface area contributed by atoms with Gasteiger partial charge in [-0.25, -0.2) is 0 Å². The summed E-state index contributed by atoms with van der Waals surface area (Å²) in [6, 6.07) is 0.940. The molecule has 0 aromatic rings. The van der Waals surface area contributed by atoms with E-state index in [2.05, 4.69) is 23.7 Å². The van der Waals surface area contributed by atoms with Crippen LogP contribution in [0.1, 0.15) is 6.42 Å². The molecule has 2 heterocycles. The van der Waals surface area contributed by atoms with Gasteiger partial charge in [0.1, 0.15) is 0 Å². The Labute approximate surface area is 60.8 Å². The van der Waals surface area contributed by atoms with Crippen molar-refractivity contribution in [2.24, 2.45) is 5.92 Å². The van der Waals surface area contributed by atoms with E-state index in [0.717, 1.165) is 12.0 Å². The van der Waals surface area contributed by atoms with Gasteiger partial charge >= 0.3 is 0 Å². The third-order valence-electron chi connectivity index (χ3n) is 2.58. The molecule has 0 N–H and O–H groups in total. The summed E-state index contributed by atoms with van der Waals surface area (Å²) in [7, 11) is 2.26. The van der Waals surface area contributed by atoms with E-state index in [9.17, 15) is 0 Å². The van der Waals surface area contributed by atoms with Crippen LogP contribution < -0.4 is 0 Å². The van der Waals surface area contributed by atoms with Crippen molar-refractivity contribution in [2.45, 2.75) is 12.5 Å². The minimum absolute atomic E-state index is 0.940. The Hall–Kier alpha value is 0.310. The summed E-state index contributed by atoms with van der Waals surface area (Å²) in [6.07, 6.45) is 1.45. The number of likely N-dealkylation sites (tertiary alicyclic amines) is 1. The van der Waals surface area contributed by atoms with E-state index in [0.29, 0.717) is 0 Å². The van der Waals surface area contributed by atoms with Crippen molar-refractivity contribution in [3.8, 4) is 0 Å². The van der Waals surface area contributed by atoms with Crippen LogP contribution in [0.5, 0.6) is 0 Å². The van der Waals surface area contributed by atoms with Crippen molar-refractivity contribution in [1.29, 1.82) is 0 Å². The molecule has 0 saturated carbocycles. The number of thioether (sulfide) groups is 1. The second-order valence-electron chi connectivity index (χ2n) is 3.13. The van der Waals surface area contributed by atoms with Crippen LogP contribution in [0.15, 0.2) is 0 Å². The van der Waals surface area contributed by atoms with Crippen molar-refractivity contribution >= 4 is 11.8 Å². The van der Waals surface area contributed by atoms with Crippen LogP contribution in [-0.2, 0) is 0 Å². The standard InChI is InChI=1S/C7H13NS/c1-8-3-2-6-4-9-5-7(6)8/h6-7H,2-5H2,1H3. The molecular formula is C7H13NS. The van der Waals surface area contributed by atoms with Crippen LogP contribution in [0.25, 0.3) is 0 Å². The summed E-state index contributed by atoms with van der Waals surface area (Å²) in [4.78, 5) is 2.52. The Balaban J connectivity index is 2.07. The third kappa shape index (κ3) is 0.887. The first-order chi connectivity index (χ1) is 4.38. The van der Waals surface area contributed by atoms with Crippen LogP contribution in [0.2, 0.25) is 0 Å². The van der Waals surface area contributed by atoms with Gasteiger partial charge in [0.25, 0.3) is 0 Å². The molecule has 9 heavy (non-hydrogen) atoms. The first-order valence-electron chi connectivity index (χ1n) is 3.66. The van der Waals surface area contributed by atoms with E-state index in [1.54, 1.807) is 0 Å². The Morgan fingerprint density at radius 2 is 2.33 bits per heavy atom. The van der Waals surface area contributed by atoms with E-state index < -0.39 is 0 Å². The van der Waals surface area contributed by atoms with E-state index in [-0.39, 0.29) is 0 Å². The van der Waals surface area contributed by atoms with Crippen LogP contribution in [0.4, 0.5) is 0 Å². The lowest BCUT2D eigenvalue weighted by Gasteiger charge is -2.16. The quantitative estimate of drug-likeness (QED) is 0.499. The van der Waals surface area contributed by atoms with Gasteiger partial charge in [-0.1, -0.05) is 0 Å². The summed E-state index contributed by atoms with van der Waals surface area (Å²) in [6.45, 7) is 1.34. The molecule has 0 aromatic carbocycles. The van der Waals surface area contributed by atoms with Gasteiger partial charge in [0.05, 0.1) is 0 Å². The number of fused-ring (bicyclic) bond motifs is 1. The molecule has 0 bridgehead atoms. The lowest BCUT2D eigenvalue weighted by atomic mass is 10.1. The molecule has 0 spiro atoms. The Morgan fingerprint density at radius 1 is 1.44 bits per heavy atom. The van der Waals surface area contributed by atoms with Crippen molar-refractivity contribution in [3.63, 3.8) is 0 Å². The largest absolute Gasteiger partial charge is 0.302 e. The van der Waals surface area contributed by atoms with Gasteiger partial charge in [-0.3, -0.25) is 0 Å². The molecule has 2 aliphatic heterocycles. The summed E-state index contributed by atoms with van der Waals surface area (Å²) >= 11 is 2.13. The lowest BCUT2D eigenvalue weighted by Crippen LogP contribution is -2.28. The lowest BCUT2D eigenvalue weighted by molar-refractivity contribution is 0.315. The number of hydrogen-bond acceptors (Lipinski definition) is 2. The zero-order chi connectivity index (χ0) is 6.27. The maximum atomic E-state index is 2.52. The molecule has 1 nitrogen and oxygen atoms in total. The highest BCUT2D eigenvalue weighted by Gasteiger charge is 2.35. The molecule has 52 valence electrons. The molecule has 2 rings (SSSR count). The minimum Gasteiger partial charge on any atom is -0.302 e. The van der Waals surface area contributed by atoms with Gasteiger partial charge in [-0.15, -0.1) is 0 Å². The maximum Gasteiger partial charge on any atom is 0.0219 e. The fourth-order valence-electron chi connectivity index (χ4n) is 1.89. The molecule has 2 unspecified atom stereocenters. The first-order valence-corrected chi connectivity index (χ1v) is 4.81. The summed E-state index contributed by atoms with van der Waals surface area (Å²) in [5.74, 6) is 3.86. The molecule has 2 saturated heterocycles. The Kier molecular flexibility index (Phi) is 1.46. The molecule has 2 fully saturated rings. The predicted octanol–water partition coefficient (Wildman–Crippen LogP) is 1.05. The fraction of sp³-hybridized carbons (Fsp3) is 1.00. The number of hydrogen-bond donors (Lipinski definition) is 0. The van der Waals surface area contributed by atoms with Gasteiger partial charge in [0.15, 0.2) is 0 Å². The second kappa shape index (κ2) is 2.17. The Bertz CT molecular complexity index is 115. The van der Waals surface area contributed by atoms with E-state index in [4.69, 9.17) is 0 Å². The molecule has 0 amide bonds. The molecule has 2 heteroatoms. The smallest absolute Gasteiger partial charge is 0.0219 e. The topological polar surface area (TPSA) is 3.24 Å². The minimum atomic E-state index is 0.940. The van der Waals surface area contributed by atoms with Crippen molar-refractivity contribution < 1.29 is 0 Å². The summed E-state index contributed by atoms with van der Waals surface area (Å²) < 4.78 is 0. The first kappa shape index (κ1) is 6.05. The van der Waals surface area contributed by atoms with Crippen LogP contribution in [0, 0.1) is 5.92 Å². The zero-order valence-electron chi connectivity index (χ0n) is 5.84. The van der Waals surface area contributed by atoms with E-state index >= 15 is 0 Å². The molecule has 2 aliphatic rings. The van der Waals surface area contributed by atoms with Crippen LogP contribution in [0.3, 0.4) is 0 Å². The molecular weight excluding hydrogens is 130 g/mol. The van der Waals surface area contributed by atoms with Crippen LogP contribution >= 0.6 is 11.8 Å². The maximum absolute atomic E-state index is 2.52. The Morgan fingerprint density at radius 3 is 3.11 bits per heavy atom. The van der Waals surface area contributed by atoms with E-state index in [1.807, 2.05) is 0 Å². The van der Waals surface area contributed by atoms with Crippen molar-refractivity contribution in [2.75, 3.05) is 25.1 Å². The van der Waals surface area contributed by atoms with Gasteiger partial charge in [-0.05, 0) is 31.7 Å². The SMILES string of the molecule is CN1CCC2CSCC21. The van der Waals surface area contributed by atoms with Crippen molar-refractivity contribution in [3.05, 3.63) is 0 Å². The van der Waals surface area contributed by atoms with Gasteiger partial charge in [0, 0.05) is 11.8 Å². The average Bonchev–Trinajstić information content (AvgIpc) is 2.35. The molecule has 0 aliphatic carbocycles. The van der Waals surface area contributed by atoms with Crippen LogP contribution in [-0.4, -0.2) is 36.0 Å². The van der Waals surface area contributed by atoms with E-state index in [1.165, 1.54) is 24.5 Å². The predicted molar refractivity (Wildman–Crippen MR) is 41.9 cm³/mol. The molecule has 0 radical (unpaired) electrons. The van der Waals surface area contributed by atoms with Crippen molar-refractivity contribution in [1.82, 2.24) is 4.90 Å². The summed E-state index contributed by atoms with van der Waals surface area (Å²) in [5.41, 5.74) is 0. The fourth-order valence-corrected chi connectivity index (χ4v) is 3.48. The van der Waals surface area contributed by atoms with Gasteiger partial charge in [0.2, 0.25) is 0 Å². The van der Waals surface area contributed by atoms with Gasteiger partial charge in [-0.2, -0.15) is 11.8 Å². The average molecular weight is 143 g/mol. The highest BCUT2D eigenvalue weighted by Crippen LogP contribution is 2.34. The third-order valence-corrected chi connectivity index (χ3v) is 3.82. The molecule has 0 aromatic heterocycles. The zero-order valence-corrected chi connectivity index (χ0v) is 6.66. The van der Waals surface area contributed by atoms with Gasteiger partial charge < -0.3 is 4.90 Å². The second-order valence-corrected chi connectivity index (χ2v) is 4.21. The molecule has 2 atom stereocenters.